The highest BCUT2D eigenvalue weighted by molar-refractivity contribution is 6.24. The molecule has 13 heteroatoms. The van der Waals surface area contributed by atoms with Crippen molar-refractivity contribution in [1.29, 1.82) is 0 Å². The highest BCUT2D eigenvalue weighted by atomic mass is 16.6. The highest BCUT2D eigenvalue weighted by Crippen LogP contribution is 2.55. The predicted molar refractivity (Wildman–Crippen MR) is 151 cm³/mol. The first-order valence-corrected chi connectivity index (χ1v) is 13.1. The molecule has 2 aromatic rings. The summed E-state index contributed by atoms with van der Waals surface area (Å²) in [4.78, 5) is 47.5. The second kappa shape index (κ2) is 10.0. The van der Waals surface area contributed by atoms with Crippen molar-refractivity contribution in [3.63, 3.8) is 0 Å². The average molecular weight is 581 g/mol. The van der Waals surface area contributed by atoms with E-state index in [9.17, 15) is 34.8 Å². The van der Waals surface area contributed by atoms with Gasteiger partial charge in [-0.05, 0) is 56.6 Å². The fraction of sp³-hybridized carbons (Fsp3) is 0.379. The molecule has 1 unspecified atom stereocenters. The second-order valence-corrected chi connectivity index (χ2v) is 11.1. The third-order valence-corrected chi connectivity index (χ3v) is 8.36. The molecular formula is C29H32N4O9. The van der Waals surface area contributed by atoms with Crippen molar-refractivity contribution >= 4 is 35.1 Å². The monoisotopic (exact) mass is 580 g/mol. The summed E-state index contributed by atoms with van der Waals surface area (Å²) < 4.78 is 5.79. The van der Waals surface area contributed by atoms with Gasteiger partial charge in [-0.25, -0.2) is 0 Å². The van der Waals surface area contributed by atoms with Crippen LogP contribution < -0.4 is 10.6 Å². The molecule has 3 aliphatic carbocycles. The number of fused-ring (bicyclic) bond motifs is 3. The summed E-state index contributed by atoms with van der Waals surface area (Å²) in [6, 6.07) is 3.75. The largest absolute Gasteiger partial charge is 0.508 e. The van der Waals surface area contributed by atoms with Crippen LogP contribution in [-0.2, 0) is 25.6 Å². The molecule has 3 aliphatic rings. The van der Waals surface area contributed by atoms with Gasteiger partial charge in [-0.1, -0.05) is 5.16 Å². The Kier molecular flexibility index (Phi) is 6.90. The van der Waals surface area contributed by atoms with Crippen LogP contribution in [0.25, 0.3) is 17.1 Å². The number of phenols is 1. The number of Topliss-reactive ketones (excluding diaryl/α,β-unsaturated/α-hetero) is 2. The molecule has 0 spiro atoms. The maximum Gasteiger partial charge on any atom is 0.255 e. The normalized spacial score (nSPS) is 25.5. The maximum atomic E-state index is 14.1. The summed E-state index contributed by atoms with van der Waals surface area (Å²) in [7, 11) is 8.05. The van der Waals surface area contributed by atoms with Crippen LogP contribution >= 0.6 is 0 Å². The molecule has 0 aliphatic heterocycles. The van der Waals surface area contributed by atoms with E-state index in [0.29, 0.717) is 17.0 Å². The Bertz CT molecular complexity index is 1620. The third-order valence-electron chi connectivity index (χ3n) is 8.36. The molecular weight excluding hydrogens is 548 g/mol. The van der Waals surface area contributed by atoms with Crippen molar-refractivity contribution in [2.45, 2.75) is 24.5 Å². The molecule has 4 atom stereocenters. The zero-order valence-electron chi connectivity index (χ0n) is 23.7. The molecule has 0 bridgehead atoms. The number of furan rings is 1. The Morgan fingerprint density at radius 1 is 1.19 bits per heavy atom. The summed E-state index contributed by atoms with van der Waals surface area (Å²) in [6.07, 6.45) is 1.51. The first kappa shape index (κ1) is 28.9. The number of aliphatic hydroxyl groups excluding tert-OH is 2. The van der Waals surface area contributed by atoms with Crippen molar-refractivity contribution in [1.82, 2.24) is 4.90 Å². The number of phenolic OH excluding ortho intramolecular Hbond substituents is 1. The van der Waals surface area contributed by atoms with Crippen LogP contribution in [0.15, 0.2) is 44.7 Å². The van der Waals surface area contributed by atoms with Gasteiger partial charge in [0.25, 0.3) is 5.91 Å². The number of carbonyl (C=O) groups is 3. The zero-order chi connectivity index (χ0) is 30.8. The third kappa shape index (κ3) is 3.99. The Labute approximate surface area is 240 Å². The molecule has 1 heterocycles. The molecule has 6 N–H and O–H groups in total. The van der Waals surface area contributed by atoms with E-state index in [1.807, 2.05) is 0 Å². The minimum absolute atomic E-state index is 0.00151. The number of ketones is 2. The Hall–Kier alpha value is -4.62. The number of oxime groups is 1. The van der Waals surface area contributed by atoms with Gasteiger partial charge in [0.15, 0.2) is 11.4 Å². The van der Waals surface area contributed by atoms with Crippen LogP contribution in [0.4, 0.5) is 5.69 Å². The van der Waals surface area contributed by atoms with Crippen molar-refractivity contribution in [2.24, 2.45) is 22.7 Å². The van der Waals surface area contributed by atoms with Gasteiger partial charge < -0.3 is 40.3 Å². The number of rotatable bonds is 6. The molecule has 0 saturated heterocycles. The smallest absolute Gasteiger partial charge is 0.255 e. The van der Waals surface area contributed by atoms with Crippen LogP contribution in [0.3, 0.4) is 0 Å². The molecule has 1 aromatic heterocycles. The fourth-order valence-electron chi connectivity index (χ4n) is 6.55. The van der Waals surface area contributed by atoms with Crippen LogP contribution in [0.5, 0.6) is 5.75 Å². The molecule has 1 amide bonds. The number of nitrogens with two attached hydrogens (primary N) is 1. The van der Waals surface area contributed by atoms with Gasteiger partial charge in [-0.2, -0.15) is 0 Å². The molecule has 13 nitrogen and oxygen atoms in total. The lowest BCUT2D eigenvalue weighted by Crippen LogP contribution is -2.65. The van der Waals surface area contributed by atoms with Crippen molar-refractivity contribution in [3.05, 3.63) is 52.0 Å². The minimum Gasteiger partial charge on any atom is -0.508 e. The number of benzene rings is 1. The molecule has 1 saturated carbocycles. The van der Waals surface area contributed by atoms with Crippen molar-refractivity contribution in [2.75, 3.05) is 40.2 Å². The summed E-state index contributed by atoms with van der Waals surface area (Å²) in [5, 5.41) is 49.6. The molecule has 222 valence electrons. The number of aliphatic hydroxyl groups is 3. The van der Waals surface area contributed by atoms with Crippen LogP contribution in [-0.4, -0.2) is 96.0 Å². The van der Waals surface area contributed by atoms with Gasteiger partial charge in [-0.3, -0.25) is 19.3 Å². The van der Waals surface area contributed by atoms with E-state index in [1.165, 1.54) is 18.2 Å². The summed E-state index contributed by atoms with van der Waals surface area (Å²) >= 11 is 0. The number of likely N-dealkylation sites (N-methyl/N-ethyl adjacent to an activating group) is 1. The van der Waals surface area contributed by atoms with Crippen molar-refractivity contribution < 1.29 is 44.1 Å². The number of anilines is 1. The number of primary amides is 1. The summed E-state index contributed by atoms with van der Waals surface area (Å²) in [6.45, 7) is 0. The Balaban J connectivity index is 1.74. The van der Waals surface area contributed by atoms with Gasteiger partial charge in [-0.15, -0.1) is 0 Å². The van der Waals surface area contributed by atoms with Gasteiger partial charge in [0.2, 0.25) is 5.78 Å². The summed E-state index contributed by atoms with van der Waals surface area (Å²) in [5.41, 5.74) is 2.94. The van der Waals surface area contributed by atoms with E-state index in [-0.39, 0.29) is 41.1 Å². The number of carbonyl (C=O) groups excluding carboxylic acids is 3. The number of nitrogens with zero attached hydrogens (tertiary/aromatic N) is 3. The van der Waals surface area contributed by atoms with Crippen molar-refractivity contribution in [3.8, 4) is 17.1 Å². The summed E-state index contributed by atoms with van der Waals surface area (Å²) in [5.74, 6) is -6.50. The van der Waals surface area contributed by atoms with Crippen LogP contribution in [0, 0.1) is 11.8 Å². The van der Waals surface area contributed by atoms with E-state index >= 15 is 0 Å². The molecule has 5 rings (SSSR count). The molecule has 42 heavy (non-hydrogen) atoms. The van der Waals surface area contributed by atoms with E-state index < -0.39 is 58.0 Å². The number of amides is 1. The molecule has 1 aromatic carbocycles. The quantitative estimate of drug-likeness (QED) is 0.187. The maximum absolute atomic E-state index is 14.1. The van der Waals surface area contributed by atoms with Gasteiger partial charge >= 0.3 is 0 Å². The van der Waals surface area contributed by atoms with Crippen LogP contribution in [0.1, 0.15) is 23.3 Å². The zero-order valence-corrected chi connectivity index (χ0v) is 23.7. The predicted octanol–water partition coefficient (Wildman–Crippen LogP) is 1.27. The van der Waals surface area contributed by atoms with E-state index in [1.54, 1.807) is 51.3 Å². The Morgan fingerprint density at radius 3 is 2.48 bits per heavy atom. The Morgan fingerprint density at radius 2 is 1.88 bits per heavy atom. The van der Waals surface area contributed by atoms with Gasteiger partial charge in [0.05, 0.1) is 17.2 Å². The number of aromatic hydroxyl groups is 1. The topological polar surface area (TPSA) is 199 Å². The van der Waals surface area contributed by atoms with E-state index in [0.717, 1.165) is 0 Å². The van der Waals surface area contributed by atoms with Gasteiger partial charge in [0, 0.05) is 31.3 Å². The average Bonchev–Trinajstić information content (AvgIpc) is 3.37. The molecule has 1 fully saturated rings. The second-order valence-electron chi connectivity index (χ2n) is 11.1. The molecule has 0 radical (unpaired) electrons. The highest BCUT2D eigenvalue weighted by Gasteiger charge is 2.64. The van der Waals surface area contributed by atoms with E-state index in [2.05, 4.69) is 9.99 Å². The fourth-order valence-corrected chi connectivity index (χ4v) is 6.55. The first-order chi connectivity index (χ1) is 19.7. The lowest BCUT2D eigenvalue weighted by Gasteiger charge is -2.50. The standard InChI is InChI=1S/C29H32N4O9/c1-32(2)17-10-15(18-7-6-13(42-18)11-31-41-5)23(34)20-14(17)8-12-9-16-22(33(3)4)25(36)21(28(30)39)27(38)29(16,40)26(37)19(12)24(20)35/h6-7,10-12,16,22,34-35,38,40H,8-9H2,1-5H3,(H2,30,39)/b31-11+/t12-,16-,22?,29+/m1/s1. The first-order valence-electron chi connectivity index (χ1n) is 13.1. The van der Waals surface area contributed by atoms with Gasteiger partial charge in [0.1, 0.15) is 47.7 Å². The number of hydrogen-bond donors (Lipinski definition) is 5. The van der Waals surface area contributed by atoms with Crippen LogP contribution in [0.2, 0.25) is 0 Å². The SMILES string of the molecule is CO/N=C/c1ccc(-c2cc(N(C)C)c3c(c2O)C(O)=C2C(=O)[C@]4(O)C(O)=C(C(N)=O)C(=O)C(N(C)C)[C@H]4C[C@H]2C3)o1. The van der Waals surface area contributed by atoms with E-state index in [4.69, 9.17) is 10.2 Å². The lowest BCUT2D eigenvalue weighted by molar-refractivity contribution is -0.153. The minimum atomic E-state index is -2.71. The number of hydrogen-bond acceptors (Lipinski definition) is 12. The lowest BCUT2D eigenvalue weighted by atomic mass is 9.57.